The molecule has 0 aliphatic carbocycles. The van der Waals surface area contributed by atoms with Crippen molar-refractivity contribution in [2.24, 2.45) is 5.73 Å². The quantitative estimate of drug-likeness (QED) is 0.927. The highest BCUT2D eigenvalue weighted by atomic mass is 19.1. The molecule has 0 spiro atoms. The van der Waals surface area contributed by atoms with Crippen molar-refractivity contribution in [1.29, 1.82) is 0 Å². The third kappa shape index (κ3) is 2.51. The number of halogens is 1. The summed E-state index contributed by atoms with van der Waals surface area (Å²) in [5.41, 5.74) is 7.30. The van der Waals surface area contributed by atoms with Gasteiger partial charge >= 0.3 is 0 Å². The number of rotatable bonds is 4. The number of nitrogens with zero attached hydrogens (tertiary/aromatic N) is 3. The molecular formula is C15H19FN4O. The molecule has 0 unspecified atom stereocenters. The first kappa shape index (κ1) is 14.0. The summed E-state index contributed by atoms with van der Waals surface area (Å²) in [4.78, 5) is 13.3. The number of aromatic nitrogens is 2. The van der Waals surface area contributed by atoms with Crippen LogP contribution < -0.4 is 5.73 Å². The molecule has 5 nitrogen and oxygen atoms in total. The molecule has 0 radical (unpaired) electrons. The van der Waals surface area contributed by atoms with Crippen LogP contribution in [0, 0.1) is 0 Å². The zero-order valence-electron chi connectivity index (χ0n) is 12.0. The number of primary amides is 1. The van der Waals surface area contributed by atoms with Crippen LogP contribution in [0.5, 0.6) is 0 Å². The minimum absolute atomic E-state index is 0.182. The van der Waals surface area contributed by atoms with E-state index in [1.165, 1.54) is 0 Å². The number of alkyl halides is 1. The third-order valence-electron chi connectivity index (χ3n) is 4.07. The number of hydrogen-bond acceptors (Lipinski definition) is 3. The van der Waals surface area contributed by atoms with E-state index >= 15 is 0 Å². The lowest BCUT2D eigenvalue weighted by Crippen LogP contribution is -2.39. The fraction of sp³-hybridized carbons (Fsp3) is 0.467. The second-order valence-electron chi connectivity index (χ2n) is 5.46. The van der Waals surface area contributed by atoms with E-state index in [9.17, 15) is 9.18 Å². The van der Waals surface area contributed by atoms with Gasteiger partial charge in [0.15, 0.2) is 0 Å². The molecule has 3 rings (SSSR count). The second kappa shape index (κ2) is 5.44. The largest absolute Gasteiger partial charge is 0.368 e. The highest BCUT2D eigenvalue weighted by molar-refractivity contribution is 5.82. The van der Waals surface area contributed by atoms with Gasteiger partial charge in [0.1, 0.15) is 6.17 Å². The van der Waals surface area contributed by atoms with Crippen LogP contribution in [0.4, 0.5) is 4.39 Å². The van der Waals surface area contributed by atoms with Crippen molar-refractivity contribution in [2.45, 2.75) is 38.6 Å². The lowest BCUT2D eigenvalue weighted by Gasteiger charge is -2.20. The van der Waals surface area contributed by atoms with Crippen LogP contribution >= 0.6 is 0 Å². The molecule has 1 fully saturated rings. The molecule has 2 atom stereocenters. The minimum atomic E-state index is -0.998. The predicted octanol–water partition coefficient (Wildman–Crippen LogP) is 1.45. The van der Waals surface area contributed by atoms with E-state index in [1.54, 1.807) is 4.90 Å². The Hall–Kier alpha value is -1.95. The molecular weight excluding hydrogens is 271 g/mol. The van der Waals surface area contributed by atoms with Gasteiger partial charge in [-0.1, -0.05) is 18.2 Å². The van der Waals surface area contributed by atoms with Crippen molar-refractivity contribution >= 4 is 16.8 Å². The molecule has 0 bridgehead atoms. The van der Waals surface area contributed by atoms with Crippen molar-refractivity contribution in [2.75, 3.05) is 6.54 Å². The summed E-state index contributed by atoms with van der Waals surface area (Å²) in [7, 11) is 0. The first-order chi connectivity index (χ1) is 10.1. The first-order valence-corrected chi connectivity index (χ1v) is 7.22. The van der Waals surface area contributed by atoms with Crippen LogP contribution in [-0.2, 0) is 17.9 Å². The van der Waals surface area contributed by atoms with Crippen molar-refractivity contribution in [1.82, 2.24) is 14.7 Å². The smallest absolute Gasteiger partial charge is 0.234 e. The molecule has 112 valence electrons. The van der Waals surface area contributed by atoms with Gasteiger partial charge in [-0.3, -0.25) is 14.4 Å². The molecule has 1 aromatic heterocycles. The minimum Gasteiger partial charge on any atom is -0.368 e. The molecule has 6 heteroatoms. The number of fused-ring (bicyclic) bond motifs is 1. The molecule has 1 aliphatic heterocycles. The topological polar surface area (TPSA) is 64.2 Å². The molecule has 2 aromatic rings. The summed E-state index contributed by atoms with van der Waals surface area (Å²) >= 11 is 0. The molecule has 21 heavy (non-hydrogen) atoms. The van der Waals surface area contributed by atoms with E-state index in [0.717, 1.165) is 23.1 Å². The van der Waals surface area contributed by atoms with E-state index < -0.39 is 18.1 Å². The van der Waals surface area contributed by atoms with Gasteiger partial charge in [0, 0.05) is 31.4 Å². The maximum Gasteiger partial charge on any atom is 0.234 e. The summed E-state index contributed by atoms with van der Waals surface area (Å²) in [5, 5.41) is 5.64. The number of likely N-dealkylation sites (tertiary alicyclic amines) is 1. The molecule has 0 saturated carbocycles. The van der Waals surface area contributed by atoms with Gasteiger partial charge in [0.2, 0.25) is 5.91 Å². The number of hydrogen-bond donors (Lipinski definition) is 1. The highest BCUT2D eigenvalue weighted by Crippen LogP contribution is 2.25. The number of carbonyl (C=O) groups is 1. The zero-order chi connectivity index (χ0) is 15.0. The van der Waals surface area contributed by atoms with Gasteiger partial charge in [-0.2, -0.15) is 5.10 Å². The number of nitrogens with two attached hydrogens (primary N) is 1. The van der Waals surface area contributed by atoms with E-state index in [0.29, 0.717) is 6.54 Å². The fourth-order valence-electron chi connectivity index (χ4n) is 3.06. The lowest BCUT2D eigenvalue weighted by molar-refractivity contribution is -0.122. The summed E-state index contributed by atoms with van der Waals surface area (Å²) in [6, 6.07) is 7.42. The Morgan fingerprint density at radius 3 is 2.95 bits per heavy atom. The van der Waals surface area contributed by atoms with Crippen molar-refractivity contribution in [3.8, 4) is 0 Å². The SMILES string of the molecule is CCn1nc(CN2C[C@H](F)C[C@H]2C(N)=O)c2ccccc21. The molecule has 1 saturated heterocycles. The molecule has 2 heterocycles. The van der Waals surface area contributed by atoms with Crippen molar-refractivity contribution in [3.05, 3.63) is 30.0 Å². The molecule has 1 aromatic carbocycles. The van der Waals surface area contributed by atoms with Gasteiger partial charge in [0.25, 0.3) is 0 Å². The summed E-state index contributed by atoms with van der Waals surface area (Å²) in [5.74, 6) is -0.464. The summed E-state index contributed by atoms with van der Waals surface area (Å²) in [6.45, 7) is 3.48. The number of amides is 1. The number of para-hydroxylation sites is 1. The van der Waals surface area contributed by atoms with E-state index in [4.69, 9.17) is 5.73 Å². The number of benzene rings is 1. The molecule has 1 amide bonds. The van der Waals surface area contributed by atoms with Crippen LogP contribution in [0.1, 0.15) is 19.0 Å². The Bertz CT molecular complexity index is 669. The van der Waals surface area contributed by atoms with Gasteiger partial charge in [-0.25, -0.2) is 4.39 Å². The normalized spacial score (nSPS) is 23.0. The summed E-state index contributed by atoms with van der Waals surface area (Å²) < 4.78 is 15.5. The van der Waals surface area contributed by atoms with E-state index in [1.807, 2.05) is 35.9 Å². The Labute approximate surface area is 122 Å². The summed E-state index contributed by atoms with van der Waals surface area (Å²) in [6.07, 6.45) is -0.816. The second-order valence-corrected chi connectivity index (χ2v) is 5.46. The maximum absolute atomic E-state index is 13.6. The average molecular weight is 290 g/mol. The van der Waals surface area contributed by atoms with Gasteiger partial charge in [-0.15, -0.1) is 0 Å². The van der Waals surface area contributed by atoms with Gasteiger partial charge in [0.05, 0.1) is 17.3 Å². The van der Waals surface area contributed by atoms with E-state index in [-0.39, 0.29) is 13.0 Å². The average Bonchev–Trinajstić information content (AvgIpc) is 3.01. The van der Waals surface area contributed by atoms with Crippen molar-refractivity contribution < 1.29 is 9.18 Å². The lowest BCUT2D eigenvalue weighted by atomic mass is 10.1. The number of aryl methyl sites for hydroxylation is 1. The van der Waals surface area contributed by atoms with Crippen LogP contribution in [0.25, 0.3) is 10.9 Å². The van der Waals surface area contributed by atoms with Crippen molar-refractivity contribution in [3.63, 3.8) is 0 Å². The standard InChI is InChI=1S/C15H19FN4O/c1-2-20-13-6-4-3-5-11(13)12(18-20)9-19-8-10(16)7-14(19)15(17)21/h3-6,10,14H,2,7-9H2,1H3,(H2,17,21)/t10-,14+/m1/s1. The maximum atomic E-state index is 13.6. The van der Waals surface area contributed by atoms with Crippen LogP contribution in [0.15, 0.2) is 24.3 Å². The van der Waals surface area contributed by atoms with Gasteiger partial charge in [-0.05, 0) is 13.0 Å². The third-order valence-corrected chi connectivity index (χ3v) is 4.07. The first-order valence-electron chi connectivity index (χ1n) is 7.22. The Balaban J connectivity index is 1.93. The Morgan fingerprint density at radius 2 is 2.24 bits per heavy atom. The van der Waals surface area contributed by atoms with Gasteiger partial charge < -0.3 is 5.73 Å². The zero-order valence-corrected chi connectivity index (χ0v) is 12.0. The highest BCUT2D eigenvalue weighted by Gasteiger charge is 2.36. The molecule has 1 aliphatic rings. The van der Waals surface area contributed by atoms with Crippen LogP contribution in [0.3, 0.4) is 0 Å². The monoisotopic (exact) mass is 290 g/mol. The Kier molecular flexibility index (Phi) is 3.63. The van der Waals surface area contributed by atoms with E-state index in [2.05, 4.69) is 5.10 Å². The van der Waals surface area contributed by atoms with Crippen LogP contribution in [0.2, 0.25) is 0 Å². The Morgan fingerprint density at radius 1 is 1.48 bits per heavy atom. The molecule has 2 N–H and O–H groups in total. The number of carbonyl (C=O) groups excluding carboxylic acids is 1. The predicted molar refractivity (Wildman–Crippen MR) is 78.3 cm³/mol. The fourth-order valence-corrected chi connectivity index (χ4v) is 3.06. The van der Waals surface area contributed by atoms with Crippen LogP contribution in [-0.4, -0.2) is 39.3 Å².